The molecule has 0 bridgehead atoms. The highest BCUT2D eigenvalue weighted by Crippen LogP contribution is 2.18. The van der Waals surface area contributed by atoms with Gasteiger partial charge in [0.25, 0.3) is 0 Å². The molecular formula is C16H12FN3S. The van der Waals surface area contributed by atoms with Gasteiger partial charge in [-0.05, 0) is 48.5 Å². The van der Waals surface area contributed by atoms with Crippen LogP contribution in [0.4, 0.5) is 4.39 Å². The molecule has 0 aliphatic carbocycles. The highest BCUT2D eigenvalue weighted by atomic mass is 32.1. The van der Waals surface area contributed by atoms with Crippen LogP contribution < -0.4 is 0 Å². The maximum Gasteiger partial charge on any atom is 0.178 e. The number of nitrogens with zero attached hydrogens (tertiary/aromatic N) is 2. The van der Waals surface area contributed by atoms with Gasteiger partial charge in [-0.3, -0.25) is 0 Å². The van der Waals surface area contributed by atoms with Gasteiger partial charge in [-0.15, -0.1) is 0 Å². The van der Waals surface area contributed by atoms with Crippen molar-refractivity contribution in [2.45, 2.75) is 13.0 Å². The Morgan fingerprint density at radius 1 is 1.19 bits per heavy atom. The summed E-state index contributed by atoms with van der Waals surface area (Å²) in [5.74, 6) is -0.235. The van der Waals surface area contributed by atoms with Gasteiger partial charge in [0.15, 0.2) is 4.77 Å². The van der Waals surface area contributed by atoms with Gasteiger partial charge in [0.05, 0.1) is 16.6 Å². The number of hydrogen-bond acceptors (Lipinski definition) is 2. The summed E-state index contributed by atoms with van der Waals surface area (Å²) in [7, 11) is 0. The Morgan fingerprint density at radius 3 is 2.67 bits per heavy atom. The fourth-order valence-corrected chi connectivity index (χ4v) is 2.68. The van der Waals surface area contributed by atoms with Crippen molar-refractivity contribution in [1.82, 2.24) is 9.55 Å². The number of aromatic amines is 1. The smallest absolute Gasteiger partial charge is 0.178 e. The number of benzene rings is 2. The molecule has 1 aromatic heterocycles. The predicted molar refractivity (Wildman–Crippen MR) is 81.9 cm³/mol. The van der Waals surface area contributed by atoms with Crippen molar-refractivity contribution in [3.8, 4) is 6.07 Å². The van der Waals surface area contributed by atoms with E-state index in [0.29, 0.717) is 16.9 Å². The number of hydrogen-bond donors (Lipinski definition) is 1. The molecular weight excluding hydrogens is 285 g/mol. The molecule has 0 atom stereocenters. The highest BCUT2D eigenvalue weighted by molar-refractivity contribution is 7.71. The number of para-hydroxylation sites is 1. The van der Waals surface area contributed by atoms with Crippen molar-refractivity contribution in [3.05, 3.63) is 64.2 Å². The molecule has 2 aromatic carbocycles. The summed E-state index contributed by atoms with van der Waals surface area (Å²) < 4.78 is 15.5. The van der Waals surface area contributed by atoms with Crippen LogP contribution in [0.2, 0.25) is 0 Å². The molecule has 5 heteroatoms. The standard InChI is InChI=1S/C16H12FN3S/c17-13-6-4-11(5-7-13)8-9-20-14-3-1-2-12(10-18)15(14)19-16(20)21/h1-7H,8-9H2,(H,19,21). The van der Waals surface area contributed by atoms with Crippen molar-refractivity contribution in [2.24, 2.45) is 0 Å². The minimum atomic E-state index is -0.235. The van der Waals surface area contributed by atoms with E-state index in [1.807, 2.05) is 16.7 Å². The Balaban J connectivity index is 1.94. The first-order valence-corrected chi connectivity index (χ1v) is 6.96. The number of aryl methyl sites for hydroxylation is 2. The van der Waals surface area contributed by atoms with Gasteiger partial charge in [-0.25, -0.2) is 4.39 Å². The molecule has 104 valence electrons. The summed E-state index contributed by atoms with van der Waals surface area (Å²) in [6.07, 6.45) is 0.748. The Bertz CT molecular complexity index is 885. The molecule has 3 aromatic rings. The normalized spacial score (nSPS) is 10.7. The quantitative estimate of drug-likeness (QED) is 0.744. The number of fused-ring (bicyclic) bond motifs is 1. The second-order valence-electron chi connectivity index (χ2n) is 4.77. The van der Waals surface area contributed by atoms with Crippen LogP contribution in [0, 0.1) is 21.9 Å². The van der Waals surface area contributed by atoms with Crippen molar-refractivity contribution in [2.75, 3.05) is 0 Å². The van der Waals surface area contributed by atoms with Crippen LogP contribution in [0.3, 0.4) is 0 Å². The van der Waals surface area contributed by atoms with Crippen molar-refractivity contribution in [3.63, 3.8) is 0 Å². The fourth-order valence-electron chi connectivity index (χ4n) is 2.39. The van der Waals surface area contributed by atoms with Gasteiger partial charge in [-0.1, -0.05) is 18.2 Å². The first-order chi connectivity index (χ1) is 10.2. The van der Waals surface area contributed by atoms with Crippen LogP contribution in [0.15, 0.2) is 42.5 Å². The van der Waals surface area contributed by atoms with Crippen molar-refractivity contribution < 1.29 is 4.39 Å². The molecule has 3 rings (SSSR count). The Labute approximate surface area is 126 Å². The third-order valence-electron chi connectivity index (χ3n) is 3.47. The third-order valence-corrected chi connectivity index (χ3v) is 3.79. The topological polar surface area (TPSA) is 44.5 Å². The number of H-pyrrole nitrogens is 1. The maximum atomic E-state index is 12.9. The first-order valence-electron chi connectivity index (χ1n) is 6.55. The zero-order valence-corrected chi connectivity index (χ0v) is 12.0. The summed E-state index contributed by atoms with van der Waals surface area (Å²) in [4.78, 5) is 3.09. The molecule has 0 amide bonds. The van der Waals surface area contributed by atoms with Crippen LogP contribution >= 0.6 is 12.2 Å². The van der Waals surface area contributed by atoms with Gasteiger partial charge in [0, 0.05) is 6.54 Å². The lowest BCUT2D eigenvalue weighted by Crippen LogP contribution is -2.01. The van der Waals surface area contributed by atoms with Crippen LogP contribution in [0.5, 0.6) is 0 Å². The molecule has 0 aliphatic heterocycles. The molecule has 0 spiro atoms. The van der Waals surface area contributed by atoms with Gasteiger partial charge in [0.1, 0.15) is 11.9 Å². The summed E-state index contributed by atoms with van der Waals surface area (Å²) >= 11 is 5.33. The molecule has 0 unspecified atom stereocenters. The molecule has 0 fully saturated rings. The molecule has 1 heterocycles. The van der Waals surface area contributed by atoms with E-state index in [2.05, 4.69) is 11.1 Å². The lowest BCUT2D eigenvalue weighted by Gasteiger charge is -2.05. The zero-order valence-electron chi connectivity index (χ0n) is 11.1. The number of nitriles is 1. The lowest BCUT2D eigenvalue weighted by atomic mass is 10.1. The van der Waals surface area contributed by atoms with Crippen molar-refractivity contribution in [1.29, 1.82) is 5.26 Å². The van der Waals surface area contributed by atoms with Crippen LogP contribution in [-0.4, -0.2) is 9.55 Å². The number of imidazole rings is 1. The molecule has 0 saturated heterocycles. The SMILES string of the molecule is N#Cc1cccc2c1[nH]c(=S)n2CCc1ccc(F)cc1. The van der Waals surface area contributed by atoms with E-state index >= 15 is 0 Å². The van der Waals surface area contributed by atoms with Crippen molar-refractivity contribution >= 4 is 23.3 Å². The van der Waals surface area contributed by atoms with Gasteiger partial charge in [-0.2, -0.15) is 5.26 Å². The van der Waals surface area contributed by atoms with Gasteiger partial charge >= 0.3 is 0 Å². The molecule has 0 radical (unpaired) electrons. The summed E-state index contributed by atoms with van der Waals surface area (Å²) in [6, 6.07) is 14.2. The van der Waals surface area contributed by atoms with E-state index < -0.39 is 0 Å². The number of nitrogens with one attached hydrogen (secondary N) is 1. The van der Waals surface area contributed by atoms with Gasteiger partial charge in [0.2, 0.25) is 0 Å². The molecule has 1 N–H and O–H groups in total. The highest BCUT2D eigenvalue weighted by Gasteiger charge is 2.08. The molecule has 3 nitrogen and oxygen atoms in total. The van der Waals surface area contributed by atoms with E-state index in [0.717, 1.165) is 23.0 Å². The van der Waals surface area contributed by atoms with E-state index in [9.17, 15) is 4.39 Å². The maximum absolute atomic E-state index is 12.9. The monoisotopic (exact) mass is 297 g/mol. The number of aromatic nitrogens is 2. The number of rotatable bonds is 3. The third kappa shape index (κ3) is 2.58. The summed E-state index contributed by atoms with van der Waals surface area (Å²) in [5, 5.41) is 9.12. The Morgan fingerprint density at radius 2 is 1.95 bits per heavy atom. The van der Waals surface area contributed by atoms with E-state index in [1.165, 1.54) is 12.1 Å². The lowest BCUT2D eigenvalue weighted by molar-refractivity contribution is 0.625. The summed E-state index contributed by atoms with van der Waals surface area (Å²) in [5.41, 5.74) is 3.31. The van der Waals surface area contributed by atoms with E-state index in [-0.39, 0.29) is 5.82 Å². The Hall–Kier alpha value is -2.45. The minimum absolute atomic E-state index is 0.235. The Kier molecular flexibility index (Phi) is 3.55. The van der Waals surface area contributed by atoms with E-state index in [4.69, 9.17) is 17.5 Å². The average molecular weight is 297 g/mol. The second-order valence-corrected chi connectivity index (χ2v) is 5.16. The average Bonchev–Trinajstić information content (AvgIpc) is 2.82. The molecule has 21 heavy (non-hydrogen) atoms. The van der Waals surface area contributed by atoms with Gasteiger partial charge < -0.3 is 9.55 Å². The number of halogens is 1. The fraction of sp³-hybridized carbons (Fsp3) is 0.125. The first kappa shape index (κ1) is 13.5. The van der Waals surface area contributed by atoms with Crippen LogP contribution in [0.1, 0.15) is 11.1 Å². The zero-order chi connectivity index (χ0) is 14.8. The largest absolute Gasteiger partial charge is 0.329 e. The second kappa shape index (κ2) is 5.51. The molecule has 0 aliphatic rings. The van der Waals surface area contributed by atoms with Crippen LogP contribution in [0.25, 0.3) is 11.0 Å². The summed E-state index contributed by atoms with van der Waals surface area (Å²) in [6.45, 7) is 0.680. The van der Waals surface area contributed by atoms with E-state index in [1.54, 1.807) is 18.2 Å². The van der Waals surface area contributed by atoms with Crippen LogP contribution in [-0.2, 0) is 13.0 Å². The minimum Gasteiger partial charge on any atom is -0.329 e. The predicted octanol–water partition coefficient (Wildman–Crippen LogP) is 3.95. The molecule has 0 saturated carbocycles.